The monoisotopic (exact) mass is 378 g/mol. The molecule has 3 aromatic rings. The summed E-state index contributed by atoms with van der Waals surface area (Å²) in [6.45, 7) is 0. The molecule has 1 aliphatic rings. The quantitative estimate of drug-likeness (QED) is 0.408. The lowest BCUT2D eigenvalue weighted by Gasteiger charge is -2.05. The van der Waals surface area contributed by atoms with E-state index in [1.165, 1.54) is 0 Å². The summed E-state index contributed by atoms with van der Waals surface area (Å²) in [5, 5.41) is -1.00. The highest BCUT2D eigenvalue weighted by molar-refractivity contribution is 6.68. The van der Waals surface area contributed by atoms with E-state index in [0.717, 1.165) is 33.4 Å². The third-order valence-electron chi connectivity index (χ3n) is 4.47. The molecule has 0 bridgehead atoms. The topological polar surface area (TPSA) is 34.1 Å². The molecule has 0 aromatic heterocycles. The largest absolute Gasteiger partial charge is 0.276 e. The number of carbonyl (C=O) groups excluding carboxylic acids is 2. The fraction of sp³-hybridized carbons (Fsp3) is 0. The normalized spacial score (nSPS) is 11.7. The predicted molar refractivity (Wildman–Crippen MR) is 106 cm³/mol. The molecule has 0 aliphatic heterocycles. The van der Waals surface area contributed by atoms with Gasteiger partial charge in [-0.1, -0.05) is 42.5 Å². The van der Waals surface area contributed by atoms with Gasteiger partial charge in [0.2, 0.25) is 0 Å². The van der Waals surface area contributed by atoms with Crippen LogP contribution in [-0.4, -0.2) is 10.5 Å². The minimum atomic E-state index is -0.501. The highest BCUT2D eigenvalue weighted by Crippen LogP contribution is 2.46. The average Bonchev–Trinajstić information content (AvgIpc) is 2.95. The standard InChI is InChI=1S/C22H12Cl2O2/c23-21(25)14-6-8-16-17-9-7-15(22(24)26)12-20(17)18(19(16)11-14)10-13-4-2-1-3-5-13/h1-12H. The Morgan fingerprint density at radius 2 is 1.15 bits per heavy atom. The van der Waals surface area contributed by atoms with Crippen molar-refractivity contribution < 1.29 is 9.59 Å². The van der Waals surface area contributed by atoms with E-state index >= 15 is 0 Å². The van der Waals surface area contributed by atoms with Gasteiger partial charge in [-0.15, -0.1) is 0 Å². The van der Waals surface area contributed by atoms with Crippen LogP contribution in [0.5, 0.6) is 0 Å². The minimum Gasteiger partial charge on any atom is -0.276 e. The van der Waals surface area contributed by atoms with Gasteiger partial charge in [-0.05, 0) is 86.9 Å². The van der Waals surface area contributed by atoms with Crippen molar-refractivity contribution in [1.82, 2.24) is 0 Å². The summed E-state index contributed by atoms with van der Waals surface area (Å²) in [7, 11) is 0. The lowest BCUT2D eigenvalue weighted by molar-refractivity contribution is 0.107. The maximum Gasteiger partial charge on any atom is 0.252 e. The van der Waals surface area contributed by atoms with Gasteiger partial charge in [0.15, 0.2) is 0 Å². The number of hydrogen-bond acceptors (Lipinski definition) is 2. The average molecular weight is 379 g/mol. The first-order valence-corrected chi connectivity index (χ1v) is 8.76. The van der Waals surface area contributed by atoms with Crippen LogP contribution in [-0.2, 0) is 0 Å². The molecule has 0 unspecified atom stereocenters. The van der Waals surface area contributed by atoms with Gasteiger partial charge in [0, 0.05) is 11.1 Å². The lowest BCUT2D eigenvalue weighted by Crippen LogP contribution is -1.91. The van der Waals surface area contributed by atoms with Crippen LogP contribution in [0.1, 0.15) is 37.4 Å². The van der Waals surface area contributed by atoms with Gasteiger partial charge in [0.1, 0.15) is 0 Å². The molecule has 0 spiro atoms. The molecule has 0 saturated carbocycles. The summed E-state index contributed by atoms with van der Waals surface area (Å²) < 4.78 is 0. The van der Waals surface area contributed by atoms with Gasteiger partial charge in [-0.3, -0.25) is 9.59 Å². The molecule has 0 saturated heterocycles. The van der Waals surface area contributed by atoms with E-state index in [0.29, 0.717) is 11.1 Å². The molecular weight excluding hydrogens is 367 g/mol. The van der Waals surface area contributed by atoms with Gasteiger partial charge < -0.3 is 0 Å². The Labute approximate surface area is 160 Å². The fourth-order valence-electron chi connectivity index (χ4n) is 3.26. The van der Waals surface area contributed by atoms with Crippen LogP contribution in [0.2, 0.25) is 0 Å². The minimum absolute atomic E-state index is 0.436. The third kappa shape index (κ3) is 2.88. The number of fused-ring (bicyclic) bond motifs is 3. The Balaban J connectivity index is 1.99. The summed E-state index contributed by atoms with van der Waals surface area (Å²) >= 11 is 11.3. The molecular formula is C22H12Cl2O2. The van der Waals surface area contributed by atoms with Gasteiger partial charge >= 0.3 is 0 Å². The molecule has 1 aliphatic carbocycles. The van der Waals surface area contributed by atoms with Crippen molar-refractivity contribution in [2.75, 3.05) is 0 Å². The van der Waals surface area contributed by atoms with E-state index in [4.69, 9.17) is 23.2 Å². The second-order valence-corrected chi connectivity index (χ2v) is 6.72. The van der Waals surface area contributed by atoms with Crippen LogP contribution in [0.4, 0.5) is 0 Å². The van der Waals surface area contributed by atoms with Gasteiger partial charge in [0.25, 0.3) is 10.5 Å². The Morgan fingerprint density at radius 1 is 0.654 bits per heavy atom. The number of halogens is 2. The van der Waals surface area contributed by atoms with Crippen LogP contribution >= 0.6 is 23.2 Å². The van der Waals surface area contributed by atoms with Crippen LogP contribution in [0.25, 0.3) is 22.8 Å². The number of carbonyl (C=O) groups is 2. The maximum atomic E-state index is 11.6. The molecule has 4 rings (SSSR count). The van der Waals surface area contributed by atoms with Crippen LogP contribution in [0.15, 0.2) is 66.7 Å². The highest BCUT2D eigenvalue weighted by atomic mass is 35.5. The Kier molecular flexibility index (Phi) is 4.23. The van der Waals surface area contributed by atoms with Crippen molar-refractivity contribution in [2.24, 2.45) is 0 Å². The van der Waals surface area contributed by atoms with Gasteiger partial charge in [0.05, 0.1) is 0 Å². The van der Waals surface area contributed by atoms with E-state index in [1.54, 1.807) is 24.3 Å². The first kappa shape index (κ1) is 16.8. The van der Waals surface area contributed by atoms with Crippen molar-refractivity contribution >= 4 is 45.3 Å². The van der Waals surface area contributed by atoms with E-state index in [1.807, 2.05) is 48.5 Å². The molecule has 2 nitrogen and oxygen atoms in total. The molecule has 0 radical (unpaired) electrons. The van der Waals surface area contributed by atoms with Crippen LogP contribution in [0.3, 0.4) is 0 Å². The number of hydrogen-bond donors (Lipinski definition) is 0. The van der Waals surface area contributed by atoms with Crippen molar-refractivity contribution in [3.05, 3.63) is 94.5 Å². The molecule has 0 fully saturated rings. The van der Waals surface area contributed by atoms with Crippen molar-refractivity contribution in [3.63, 3.8) is 0 Å². The van der Waals surface area contributed by atoms with Crippen LogP contribution < -0.4 is 0 Å². The molecule has 4 heteroatoms. The summed E-state index contributed by atoms with van der Waals surface area (Å²) in [5.41, 5.74) is 6.64. The SMILES string of the molecule is O=C(Cl)c1ccc2c(c1)C(=Cc1ccccc1)c1cc(C(=O)Cl)ccc1-2. The molecule has 126 valence electrons. The zero-order chi connectivity index (χ0) is 18.3. The highest BCUT2D eigenvalue weighted by Gasteiger charge is 2.25. The summed E-state index contributed by atoms with van der Waals surface area (Å²) in [6.07, 6.45) is 2.04. The summed E-state index contributed by atoms with van der Waals surface area (Å²) in [5.74, 6) is 0. The predicted octanol–water partition coefficient (Wildman–Crippen LogP) is 6.01. The van der Waals surface area contributed by atoms with Crippen molar-refractivity contribution in [2.45, 2.75) is 0 Å². The fourth-order valence-corrected chi connectivity index (χ4v) is 3.50. The summed E-state index contributed by atoms with van der Waals surface area (Å²) in [6, 6.07) is 20.6. The number of rotatable bonds is 3. The van der Waals surface area contributed by atoms with Gasteiger partial charge in [-0.2, -0.15) is 0 Å². The Hall–Kier alpha value is -2.68. The Morgan fingerprint density at radius 3 is 1.62 bits per heavy atom. The molecule has 0 atom stereocenters. The molecule has 0 amide bonds. The molecule has 0 N–H and O–H groups in total. The van der Waals surface area contributed by atoms with E-state index in [-0.39, 0.29) is 0 Å². The molecule has 26 heavy (non-hydrogen) atoms. The zero-order valence-electron chi connectivity index (χ0n) is 13.5. The molecule has 0 heterocycles. The Bertz CT molecular complexity index is 1020. The second-order valence-electron chi connectivity index (χ2n) is 6.04. The van der Waals surface area contributed by atoms with Gasteiger partial charge in [-0.25, -0.2) is 0 Å². The van der Waals surface area contributed by atoms with Crippen molar-refractivity contribution in [3.8, 4) is 11.1 Å². The third-order valence-corrected chi connectivity index (χ3v) is 4.91. The first-order chi connectivity index (χ1) is 12.5. The van der Waals surface area contributed by atoms with E-state index in [9.17, 15) is 9.59 Å². The lowest BCUT2D eigenvalue weighted by atomic mass is 9.99. The molecule has 3 aromatic carbocycles. The van der Waals surface area contributed by atoms with E-state index < -0.39 is 10.5 Å². The second kappa shape index (κ2) is 6.56. The van der Waals surface area contributed by atoms with E-state index in [2.05, 4.69) is 0 Å². The smallest absolute Gasteiger partial charge is 0.252 e. The number of benzene rings is 3. The summed E-state index contributed by atoms with van der Waals surface area (Å²) in [4.78, 5) is 23.2. The first-order valence-electron chi connectivity index (χ1n) is 8.00. The zero-order valence-corrected chi connectivity index (χ0v) is 15.0. The maximum absolute atomic E-state index is 11.6. The van der Waals surface area contributed by atoms with Crippen LogP contribution in [0, 0.1) is 0 Å². The van der Waals surface area contributed by atoms with Crippen molar-refractivity contribution in [1.29, 1.82) is 0 Å².